The molecule has 0 unspecified atom stereocenters. The normalized spacial score (nSPS) is 11.4. The highest BCUT2D eigenvalue weighted by molar-refractivity contribution is 5.89. The topological polar surface area (TPSA) is 109 Å². The molecule has 0 aliphatic carbocycles. The largest absolute Gasteiger partial charge is 0.334 e. The van der Waals surface area contributed by atoms with Crippen molar-refractivity contribution in [2.45, 2.75) is 25.8 Å². The minimum absolute atomic E-state index is 0.143. The Morgan fingerprint density at radius 2 is 2.19 bits per heavy atom. The minimum Gasteiger partial charge on any atom is -0.334 e. The van der Waals surface area contributed by atoms with Gasteiger partial charge in [-0.15, -0.1) is 5.10 Å². The molecule has 0 fully saturated rings. The molecule has 0 saturated carbocycles. The minimum atomic E-state index is -0.327. The third-order valence-corrected chi connectivity index (χ3v) is 2.90. The van der Waals surface area contributed by atoms with Gasteiger partial charge in [-0.3, -0.25) is 0 Å². The van der Waals surface area contributed by atoms with E-state index >= 15 is 0 Å². The lowest BCUT2D eigenvalue weighted by Gasteiger charge is -2.14. The number of hydrogen-bond acceptors (Lipinski definition) is 5. The van der Waals surface area contributed by atoms with Crippen LogP contribution in [-0.4, -0.2) is 32.3 Å². The molecule has 0 spiro atoms. The molecule has 2 aromatic rings. The van der Waals surface area contributed by atoms with Crippen molar-refractivity contribution in [1.82, 2.24) is 25.5 Å². The number of carbonyl (C=O) groups excluding carboxylic acids is 1. The third-order valence-electron chi connectivity index (χ3n) is 2.90. The van der Waals surface area contributed by atoms with Crippen LogP contribution in [0.15, 0.2) is 30.6 Å². The summed E-state index contributed by atoms with van der Waals surface area (Å²) in [5.41, 5.74) is 1.44. The molecule has 0 aliphatic rings. The van der Waals surface area contributed by atoms with Crippen molar-refractivity contribution >= 4 is 11.7 Å². The molecule has 0 bridgehead atoms. The van der Waals surface area contributed by atoms with Gasteiger partial charge in [-0.1, -0.05) is 6.92 Å². The van der Waals surface area contributed by atoms with Crippen LogP contribution in [0.2, 0.25) is 0 Å². The molecule has 8 heteroatoms. The molecule has 2 rings (SSSR count). The van der Waals surface area contributed by atoms with E-state index in [9.17, 15) is 4.79 Å². The number of anilines is 1. The second-order valence-electron chi connectivity index (χ2n) is 4.37. The van der Waals surface area contributed by atoms with E-state index in [1.807, 2.05) is 13.0 Å². The summed E-state index contributed by atoms with van der Waals surface area (Å²) in [6.45, 7) is 1.92. The molecule has 2 amide bonds. The Hall–Kier alpha value is -2.95. The number of amides is 2. The zero-order chi connectivity index (χ0) is 15.1. The fourth-order valence-electron chi connectivity index (χ4n) is 1.74. The maximum absolute atomic E-state index is 11.8. The van der Waals surface area contributed by atoms with Gasteiger partial charge >= 0.3 is 6.03 Å². The Morgan fingerprint density at radius 3 is 2.76 bits per heavy atom. The molecule has 1 aromatic carbocycles. The number of rotatable bonds is 5. The average Bonchev–Trinajstić information content (AvgIpc) is 3.01. The smallest absolute Gasteiger partial charge is 0.319 e. The maximum atomic E-state index is 11.8. The van der Waals surface area contributed by atoms with Crippen molar-refractivity contribution in [3.63, 3.8) is 0 Å². The van der Waals surface area contributed by atoms with Gasteiger partial charge in [0.2, 0.25) is 0 Å². The fraction of sp³-hybridized carbons (Fsp3) is 0.308. The van der Waals surface area contributed by atoms with Gasteiger partial charge in [0, 0.05) is 11.7 Å². The number of nitrogens with one attached hydrogen (secondary N) is 2. The summed E-state index contributed by atoms with van der Waals surface area (Å²) in [5, 5.41) is 25.0. The lowest BCUT2D eigenvalue weighted by molar-refractivity contribution is 0.248. The van der Waals surface area contributed by atoms with Crippen LogP contribution in [0, 0.1) is 11.3 Å². The van der Waals surface area contributed by atoms with Crippen molar-refractivity contribution in [2.24, 2.45) is 0 Å². The highest BCUT2D eigenvalue weighted by Gasteiger charge is 2.09. The van der Waals surface area contributed by atoms with Gasteiger partial charge in [-0.05, 0) is 41.1 Å². The van der Waals surface area contributed by atoms with E-state index in [4.69, 9.17) is 5.26 Å². The van der Waals surface area contributed by atoms with Crippen LogP contribution in [0.5, 0.6) is 0 Å². The molecule has 1 atom stereocenters. The van der Waals surface area contributed by atoms with Gasteiger partial charge < -0.3 is 10.6 Å². The molecule has 2 N–H and O–H groups in total. The van der Waals surface area contributed by atoms with E-state index in [0.717, 1.165) is 5.69 Å². The standard InChI is InChI=1S/C13H15N7O/c1-2-10(7-8-14)16-13(21)17-11-3-5-12(6-4-11)20-9-15-18-19-20/h3-6,9-10H,2,7H2,1H3,(H2,16,17,21)/t10-/m0/s1. The van der Waals surface area contributed by atoms with Crippen molar-refractivity contribution in [2.75, 3.05) is 5.32 Å². The van der Waals surface area contributed by atoms with Gasteiger partial charge in [-0.25, -0.2) is 9.48 Å². The highest BCUT2D eigenvalue weighted by Crippen LogP contribution is 2.12. The predicted octanol–water partition coefficient (Wildman–Crippen LogP) is 1.48. The van der Waals surface area contributed by atoms with Crippen LogP contribution in [0.1, 0.15) is 19.8 Å². The average molecular weight is 285 g/mol. The van der Waals surface area contributed by atoms with Gasteiger partial charge in [-0.2, -0.15) is 5.26 Å². The summed E-state index contributed by atoms with van der Waals surface area (Å²) in [4.78, 5) is 11.8. The van der Waals surface area contributed by atoms with Gasteiger partial charge in [0.1, 0.15) is 6.33 Å². The zero-order valence-electron chi connectivity index (χ0n) is 11.5. The fourth-order valence-corrected chi connectivity index (χ4v) is 1.74. The summed E-state index contributed by atoms with van der Waals surface area (Å²) in [7, 11) is 0. The van der Waals surface area contributed by atoms with E-state index in [-0.39, 0.29) is 12.1 Å². The Balaban J connectivity index is 1.94. The summed E-state index contributed by atoms with van der Waals surface area (Å²) >= 11 is 0. The molecule has 0 radical (unpaired) electrons. The van der Waals surface area contributed by atoms with Crippen molar-refractivity contribution in [1.29, 1.82) is 5.26 Å². The molecular formula is C13H15N7O. The Morgan fingerprint density at radius 1 is 1.43 bits per heavy atom. The first-order valence-electron chi connectivity index (χ1n) is 6.50. The first-order valence-corrected chi connectivity index (χ1v) is 6.50. The van der Waals surface area contributed by atoms with E-state index in [0.29, 0.717) is 18.5 Å². The van der Waals surface area contributed by atoms with Gasteiger partial charge in [0.15, 0.2) is 0 Å². The van der Waals surface area contributed by atoms with Crippen LogP contribution in [0.3, 0.4) is 0 Å². The number of benzene rings is 1. The monoisotopic (exact) mass is 285 g/mol. The van der Waals surface area contributed by atoms with Crippen molar-refractivity contribution < 1.29 is 4.79 Å². The van der Waals surface area contributed by atoms with Crippen LogP contribution in [0.25, 0.3) is 5.69 Å². The van der Waals surface area contributed by atoms with E-state index in [1.54, 1.807) is 24.3 Å². The zero-order valence-corrected chi connectivity index (χ0v) is 11.5. The van der Waals surface area contributed by atoms with Crippen molar-refractivity contribution in [3.8, 4) is 11.8 Å². The second kappa shape index (κ2) is 7.00. The van der Waals surface area contributed by atoms with E-state index < -0.39 is 0 Å². The Bertz CT molecular complexity index is 615. The number of hydrogen-bond donors (Lipinski definition) is 2. The summed E-state index contributed by atoms with van der Waals surface area (Å²) in [6.07, 6.45) is 2.49. The number of tetrazole rings is 1. The van der Waals surface area contributed by atoms with Gasteiger partial charge in [0.05, 0.1) is 18.2 Å². The van der Waals surface area contributed by atoms with Crippen LogP contribution >= 0.6 is 0 Å². The molecule has 108 valence electrons. The van der Waals surface area contributed by atoms with E-state index in [2.05, 4.69) is 26.2 Å². The summed E-state index contributed by atoms with van der Waals surface area (Å²) in [6, 6.07) is 8.66. The second-order valence-corrected chi connectivity index (χ2v) is 4.37. The number of aromatic nitrogens is 4. The van der Waals surface area contributed by atoms with Crippen LogP contribution in [-0.2, 0) is 0 Å². The first-order chi connectivity index (χ1) is 10.2. The summed E-state index contributed by atoms with van der Waals surface area (Å²) in [5.74, 6) is 0. The lowest BCUT2D eigenvalue weighted by atomic mass is 10.2. The number of nitriles is 1. The molecular weight excluding hydrogens is 270 g/mol. The SMILES string of the molecule is CC[C@@H](CC#N)NC(=O)Nc1ccc(-n2cnnn2)cc1. The number of carbonyl (C=O) groups is 1. The van der Waals surface area contributed by atoms with Crippen LogP contribution in [0.4, 0.5) is 10.5 Å². The quantitative estimate of drug-likeness (QED) is 0.864. The molecule has 8 nitrogen and oxygen atoms in total. The third kappa shape index (κ3) is 4.01. The highest BCUT2D eigenvalue weighted by atomic mass is 16.2. The molecule has 0 saturated heterocycles. The number of nitrogens with zero attached hydrogens (tertiary/aromatic N) is 5. The van der Waals surface area contributed by atoms with Gasteiger partial charge in [0.25, 0.3) is 0 Å². The first kappa shape index (κ1) is 14.5. The van der Waals surface area contributed by atoms with Crippen molar-refractivity contribution in [3.05, 3.63) is 30.6 Å². The summed E-state index contributed by atoms with van der Waals surface area (Å²) < 4.78 is 1.52. The Kier molecular flexibility index (Phi) is 4.82. The molecule has 0 aliphatic heterocycles. The molecule has 21 heavy (non-hydrogen) atoms. The number of urea groups is 1. The van der Waals surface area contributed by atoms with Crippen LogP contribution < -0.4 is 10.6 Å². The molecule has 1 aromatic heterocycles. The lowest BCUT2D eigenvalue weighted by Crippen LogP contribution is -2.37. The predicted molar refractivity (Wildman–Crippen MR) is 75.6 cm³/mol. The maximum Gasteiger partial charge on any atom is 0.319 e. The van der Waals surface area contributed by atoms with E-state index in [1.165, 1.54) is 11.0 Å². The molecule has 1 heterocycles. The Labute approximate surface area is 121 Å².